The molecule has 1 fully saturated rings. The Bertz CT molecular complexity index is 1280. The van der Waals surface area contributed by atoms with Crippen LogP contribution < -0.4 is 16.0 Å². The number of rotatable bonds is 5. The number of nitrogens with one attached hydrogen (secondary N) is 3. The van der Waals surface area contributed by atoms with E-state index in [1.165, 1.54) is 6.20 Å². The number of pyridine rings is 1. The van der Waals surface area contributed by atoms with E-state index < -0.39 is 0 Å². The number of fused-ring (bicyclic) bond motifs is 1. The predicted molar refractivity (Wildman–Crippen MR) is 125 cm³/mol. The first-order valence-electron chi connectivity index (χ1n) is 10.8. The van der Waals surface area contributed by atoms with E-state index in [-0.39, 0.29) is 23.8 Å². The molecule has 2 aliphatic rings. The van der Waals surface area contributed by atoms with E-state index in [0.29, 0.717) is 17.1 Å². The zero-order valence-electron chi connectivity index (χ0n) is 18.1. The topological polar surface area (TPSA) is 88.1 Å². The molecule has 2 aromatic heterocycles. The molecule has 7 nitrogen and oxygen atoms in total. The Labute approximate surface area is 186 Å². The van der Waals surface area contributed by atoms with Crippen molar-refractivity contribution in [2.45, 2.75) is 25.8 Å². The van der Waals surface area contributed by atoms with Gasteiger partial charge in [-0.3, -0.25) is 9.59 Å². The van der Waals surface area contributed by atoms with Gasteiger partial charge in [0.15, 0.2) is 0 Å². The normalized spacial score (nSPS) is 17.9. The van der Waals surface area contributed by atoms with Crippen LogP contribution in [0.15, 0.2) is 66.6 Å². The second-order valence-electron chi connectivity index (χ2n) is 8.39. The molecule has 0 bridgehead atoms. The number of nitrogens with zero attached hydrogens (tertiary/aromatic N) is 2. The van der Waals surface area contributed by atoms with E-state index in [4.69, 9.17) is 0 Å². The lowest BCUT2D eigenvalue weighted by molar-refractivity contribution is -0.117. The summed E-state index contributed by atoms with van der Waals surface area (Å²) in [6, 6.07) is 13.7. The van der Waals surface area contributed by atoms with Crippen LogP contribution in [0.25, 0.3) is 16.5 Å². The van der Waals surface area contributed by atoms with Gasteiger partial charge < -0.3 is 20.5 Å². The Hall–Kier alpha value is -3.87. The van der Waals surface area contributed by atoms with E-state index in [1.807, 2.05) is 25.4 Å². The number of aryl methyl sites for hydroxylation is 1. The van der Waals surface area contributed by atoms with E-state index in [9.17, 15) is 9.59 Å². The minimum absolute atomic E-state index is 0.0378. The highest BCUT2D eigenvalue weighted by Gasteiger charge is 2.30. The van der Waals surface area contributed by atoms with Gasteiger partial charge in [-0.15, -0.1) is 0 Å². The minimum Gasteiger partial charge on any atom is -0.383 e. The highest BCUT2D eigenvalue weighted by Crippen LogP contribution is 2.31. The van der Waals surface area contributed by atoms with Crippen LogP contribution >= 0.6 is 0 Å². The van der Waals surface area contributed by atoms with E-state index in [1.54, 1.807) is 12.1 Å². The van der Waals surface area contributed by atoms with Crippen LogP contribution in [0.3, 0.4) is 0 Å². The van der Waals surface area contributed by atoms with Crippen molar-refractivity contribution in [3.05, 3.63) is 77.9 Å². The third-order valence-corrected chi connectivity index (χ3v) is 5.89. The molecule has 32 heavy (non-hydrogen) atoms. The molecule has 3 heterocycles. The number of benzene rings is 1. The number of carbonyl (C=O) groups is 2. The largest absolute Gasteiger partial charge is 0.383 e. The fourth-order valence-corrected chi connectivity index (χ4v) is 3.96. The zero-order chi connectivity index (χ0) is 22.2. The molecule has 3 N–H and O–H groups in total. The number of carbonyl (C=O) groups excluding carboxylic acids is 2. The number of amides is 2. The van der Waals surface area contributed by atoms with Gasteiger partial charge in [-0.2, -0.15) is 0 Å². The monoisotopic (exact) mass is 427 g/mol. The lowest BCUT2D eigenvalue weighted by atomic mass is 10.0. The number of anilines is 1. The summed E-state index contributed by atoms with van der Waals surface area (Å²) >= 11 is 0. The molecule has 162 valence electrons. The minimum atomic E-state index is -0.262. The summed E-state index contributed by atoms with van der Waals surface area (Å²) < 4.78 is 2.14. The van der Waals surface area contributed by atoms with E-state index in [0.717, 1.165) is 35.0 Å². The van der Waals surface area contributed by atoms with E-state index >= 15 is 0 Å². The second-order valence-corrected chi connectivity index (χ2v) is 8.39. The molecule has 1 atom stereocenters. The fraction of sp³-hybridized carbons (Fsp3) is 0.240. The molecule has 1 aromatic carbocycles. The Balaban J connectivity index is 1.40. The van der Waals surface area contributed by atoms with Crippen molar-refractivity contribution < 1.29 is 9.59 Å². The van der Waals surface area contributed by atoms with Crippen molar-refractivity contribution in [1.29, 1.82) is 0 Å². The number of allylic oxidation sites excluding steroid dienone is 1. The summed E-state index contributed by atoms with van der Waals surface area (Å²) in [5, 5.41) is 10.2. The van der Waals surface area contributed by atoms with Gasteiger partial charge in [0.05, 0.1) is 11.4 Å². The molecule has 0 radical (unpaired) electrons. The lowest BCUT2D eigenvalue weighted by Crippen LogP contribution is -2.31. The van der Waals surface area contributed by atoms with Gasteiger partial charge in [-0.05, 0) is 44.0 Å². The van der Waals surface area contributed by atoms with Crippen molar-refractivity contribution in [2.24, 2.45) is 13.0 Å². The highest BCUT2D eigenvalue weighted by molar-refractivity contribution is 6.00. The van der Waals surface area contributed by atoms with Crippen LogP contribution in [-0.4, -0.2) is 27.4 Å². The van der Waals surface area contributed by atoms with Gasteiger partial charge in [0.2, 0.25) is 5.91 Å². The molecule has 0 spiro atoms. The first-order chi connectivity index (χ1) is 15.5. The molecule has 2 amide bonds. The molecule has 1 aliphatic heterocycles. The molecule has 5 rings (SSSR count). The Morgan fingerprint density at radius 3 is 2.72 bits per heavy atom. The maximum atomic E-state index is 13.1. The second kappa shape index (κ2) is 8.00. The third-order valence-electron chi connectivity index (χ3n) is 5.89. The van der Waals surface area contributed by atoms with Gasteiger partial charge in [0.25, 0.3) is 5.91 Å². The van der Waals surface area contributed by atoms with Crippen molar-refractivity contribution in [3.8, 4) is 0 Å². The number of hydrogen-bond acceptors (Lipinski definition) is 4. The average Bonchev–Trinajstić information content (AvgIpc) is 3.59. The van der Waals surface area contributed by atoms with Crippen molar-refractivity contribution in [2.75, 3.05) is 5.32 Å². The summed E-state index contributed by atoms with van der Waals surface area (Å²) in [4.78, 5) is 29.3. The smallest absolute Gasteiger partial charge is 0.255 e. The summed E-state index contributed by atoms with van der Waals surface area (Å²) in [7, 11) is 2.03. The predicted octanol–water partition coefficient (Wildman–Crippen LogP) is 3.57. The zero-order valence-corrected chi connectivity index (χ0v) is 18.1. The Morgan fingerprint density at radius 1 is 1.12 bits per heavy atom. The van der Waals surface area contributed by atoms with E-state index in [2.05, 4.69) is 56.7 Å². The average molecular weight is 428 g/mol. The summed E-state index contributed by atoms with van der Waals surface area (Å²) in [5.74, 6) is 0.164. The molecule has 7 heteroatoms. The number of hydrogen-bond donors (Lipinski definition) is 3. The molecule has 3 aromatic rings. The number of para-hydroxylation sites is 1. The Kier molecular flexibility index (Phi) is 5.01. The van der Waals surface area contributed by atoms with Crippen LogP contribution in [0.5, 0.6) is 0 Å². The number of aromatic nitrogens is 2. The Morgan fingerprint density at radius 2 is 1.94 bits per heavy atom. The summed E-state index contributed by atoms with van der Waals surface area (Å²) in [5.41, 5.74) is 4.24. The van der Waals surface area contributed by atoms with Gasteiger partial charge >= 0.3 is 0 Å². The lowest BCUT2D eigenvalue weighted by Gasteiger charge is -2.22. The third kappa shape index (κ3) is 3.89. The number of dihydropyridines is 1. The van der Waals surface area contributed by atoms with Crippen LogP contribution in [0, 0.1) is 5.92 Å². The van der Waals surface area contributed by atoms with Crippen LogP contribution in [0.2, 0.25) is 0 Å². The molecule has 1 saturated carbocycles. The standard InChI is InChI=1S/C25H25N5O2/c1-15-11-19(22-12-17-5-3-4-6-21(17)30(22)2)20(14-27-15)28-25(32)18-9-10-26-23(13-18)29-24(31)16-7-8-16/h3-6,9-16,27H,7-8H2,1-2H3,(H,28,32)(H,26,29,31). The highest BCUT2D eigenvalue weighted by atomic mass is 16.2. The van der Waals surface area contributed by atoms with Gasteiger partial charge in [0, 0.05) is 53.4 Å². The first kappa shape index (κ1) is 20.1. The SMILES string of the molecule is CC1C=C(c2cc3ccccc3n2C)C(NC(=O)c2ccnc(NC(=O)C3CC3)c2)=CN1. The first-order valence-corrected chi connectivity index (χ1v) is 10.8. The van der Waals surface area contributed by atoms with Crippen LogP contribution in [0.4, 0.5) is 5.82 Å². The van der Waals surface area contributed by atoms with Gasteiger partial charge in [-0.1, -0.05) is 24.3 Å². The summed E-state index contributed by atoms with van der Waals surface area (Å²) in [6.07, 6.45) is 7.31. The molecule has 1 aliphatic carbocycles. The van der Waals surface area contributed by atoms with Crippen molar-refractivity contribution in [3.63, 3.8) is 0 Å². The molecule has 0 saturated heterocycles. The van der Waals surface area contributed by atoms with Crippen molar-refractivity contribution in [1.82, 2.24) is 20.2 Å². The van der Waals surface area contributed by atoms with Gasteiger partial charge in [0.1, 0.15) is 5.82 Å². The molecule has 1 unspecified atom stereocenters. The maximum Gasteiger partial charge on any atom is 0.255 e. The quantitative estimate of drug-likeness (QED) is 0.581. The molecular weight excluding hydrogens is 402 g/mol. The van der Waals surface area contributed by atoms with Crippen molar-refractivity contribution >= 4 is 34.1 Å². The van der Waals surface area contributed by atoms with Gasteiger partial charge in [-0.25, -0.2) is 4.98 Å². The molecular formula is C25H25N5O2. The maximum absolute atomic E-state index is 13.1. The van der Waals surface area contributed by atoms with Crippen LogP contribution in [-0.2, 0) is 11.8 Å². The van der Waals surface area contributed by atoms with Crippen LogP contribution in [0.1, 0.15) is 35.8 Å². The summed E-state index contributed by atoms with van der Waals surface area (Å²) in [6.45, 7) is 2.06. The fourth-order valence-electron chi connectivity index (χ4n) is 3.96.